The Morgan fingerprint density at radius 1 is 1.39 bits per heavy atom. The van der Waals surface area contributed by atoms with Gasteiger partial charge in [-0.3, -0.25) is 10.1 Å². The molecule has 0 saturated carbocycles. The number of benzene rings is 1. The summed E-state index contributed by atoms with van der Waals surface area (Å²) in [6.07, 6.45) is -4.33. The number of alkyl halides is 3. The van der Waals surface area contributed by atoms with Crippen molar-refractivity contribution in [3.63, 3.8) is 0 Å². The highest BCUT2D eigenvalue weighted by Crippen LogP contribution is 2.13. The van der Waals surface area contributed by atoms with Crippen LogP contribution in [0.1, 0.15) is 5.56 Å². The number of halogens is 4. The Morgan fingerprint density at radius 3 is 2.72 bits per heavy atom. The minimum Gasteiger partial charge on any atom is -0.460 e. The molecule has 100 valence electrons. The van der Waals surface area contributed by atoms with Gasteiger partial charge in [-0.05, 0) is 17.7 Å². The molecule has 0 aromatic heterocycles. The first-order valence-electron chi connectivity index (χ1n) is 5.04. The maximum Gasteiger partial charge on any atom is 0.401 e. The highest BCUT2D eigenvalue weighted by atomic mass is 79.9. The van der Waals surface area contributed by atoms with Crippen LogP contribution in [0.2, 0.25) is 0 Å². The smallest absolute Gasteiger partial charge is 0.401 e. The van der Waals surface area contributed by atoms with E-state index in [1.807, 2.05) is 11.4 Å². The molecule has 1 rings (SSSR count). The third kappa shape index (κ3) is 6.61. The molecule has 0 heterocycles. The van der Waals surface area contributed by atoms with Gasteiger partial charge in [-0.15, -0.1) is 0 Å². The maximum absolute atomic E-state index is 11.8. The van der Waals surface area contributed by atoms with E-state index in [-0.39, 0.29) is 6.61 Å². The predicted octanol–water partition coefficient (Wildman–Crippen LogP) is 2.64. The minimum absolute atomic E-state index is 0.0337. The van der Waals surface area contributed by atoms with Crippen molar-refractivity contribution in [2.24, 2.45) is 0 Å². The lowest BCUT2D eigenvalue weighted by Gasteiger charge is -2.08. The van der Waals surface area contributed by atoms with E-state index in [4.69, 9.17) is 4.74 Å². The summed E-state index contributed by atoms with van der Waals surface area (Å²) in [5, 5.41) is 1.96. The Morgan fingerprint density at radius 2 is 2.11 bits per heavy atom. The van der Waals surface area contributed by atoms with Crippen LogP contribution in [0.15, 0.2) is 28.7 Å². The van der Waals surface area contributed by atoms with E-state index in [1.54, 1.807) is 18.2 Å². The summed E-state index contributed by atoms with van der Waals surface area (Å²) in [7, 11) is 0. The van der Waals surface area contributed by atoms with Gasteiger partial charge >= 0.3 is 12.1 Å². The lowest BCUT2D eigenvalue weighted by atomic mass is 10.2. The largest absolute Gasteiger partial charge is 0.460 e. The summed E-state index contributed by atoms with van der Waals surface area (Å²) in [5.41, 5.74) is 0.758. The molecule has 18 heavy (non-hydrogen) atoms. The van der Waals surface area contributed by atoms with Crippen LogP contribution in [0.4, 0.5) is 13.2 Å². The first kappa shape index (κ1) is 15.0. The van der Waals surface area contributed by atoms with Crippen molar-refractivity contribution in [3.8, 4) is 0 Å². The second-order valence-electron chi connectivity index (χ2n) is 3.51. The van der Waals surface area contributed by atoms with Crippen LogP contribution < -0.4 is 5.32 Å². The van der Waals surface area contributed by atoms with Crippen LogP contribution in [0, 0.1) is 0 Å². The second kappa shape index (κ2) is 6.75. The molecule has 0 aliphatic carbocycles. The van der Waals surface area contributed by atoms with Crippen LogP contribution in [0.5, 0.6) is 0 Å². The van der Waals surface area contributed by atoms with E-state index in [0.29, 0.717) is 0 Å². The van der Waals surface area contributed by atoms with Crippen molar-refractivity contribution in [2.75, 3.05) is 13.1 Å². The van der Waals surface area contributed by atoms with Crippen molar-refractivity contribution in [1.82, 2.24) is 5.32 Å². The number of carbonyl (C=O) groups is 1. The monoisotopic (exact) mass is 325 g/mol. The Labute approximate surface area is 110 Å². The molecule has 3 nitrogen and oxygen atoms in total. The Bertz CT molecular complexity index is 410. The fourth-order valence-electron chi connectivity index (χ4n) is 1.15. The van der Waals surface area contributed by atoms with E-state index in [1.165, 1.54) is 0 Å². The molecule has 1 aromatic carbocycles. The van der Waals surface area contributed by atoms with Gasteiger partial charge in [0.15, 0.2) is 0 Å². The van der Waals surface area contributed by atoms with E-state index in [0.717, 1.165) is 10.0 Å². The number of rotatable bonds is 5. The highest BCUT2D eigenvalue weighted by Gasteiger charge is 2.26. The van der Waals surface area contributed by atoms with Gasteiger partial charge in [0.05, 0.1) is 13.1 Å². The number of esters is 1. The van der Waals surface area contributed by atoms with Gasteiger partial charge in [0, 0.05) is 4.47 Å². The standard InChI is InChI=1S/C11H11BrF3NO2/c12-9-3-1-2-8(4-9)6-18-10(17)5-16-7-11(13,14)15/h1-4,16H,5-7H2. The molecule has 0 aliphatic rings. The van der Waals surface area contributed by atoms with Crippen LogP contribution in [-0.4, -0.2) is 25.2 Å². The summed E-state index contributed by atoms with van der Waals surface area (Å²) in [5.74, 6) is -0.723. The lowest BCUT2D eigenvalue weighted by Crippen LogP contribution is -2.33. The molecule has 0 atom stereocenters. The quantitative estimate of drug-likeness (QED) is 0.846. The molecular weight excluding hydrogens is 315 g/mol. The number of ether oxygens (including phenoxy) is 1. The van der Waals surface area contributed by atoms with Crippen molar-refractivity contribution >= 4 is 21.9 Å². The van der Waals surface area contributed by atoms with Crippen LogP contribution in [0.3, 0.4) is 0 Å². The van der Waals surface area contributed by atoms with E-state index >= 15 is 0 Å². The third-order valence-electron chi connectivity index (χ3n) is 1.88. The zero-order chi connectivity index (χ0) is 13.6. The molecule has 0 spiro atoms. The lowest BCUT2D eigenvalue weighted by molar-refractivity contribution is -0.145. The van der Waals surface area contributed by atoms with Gasteiger partial charge in [0.1, 0.15) is 6.61 Å². The van der Waals surface area contributed by atoms with Crippen molar-refractivity contribution in [3.05, 3.63) is 34.3 Å². The van der Waals surface area contributed by atoms with Gasteiger partial charge in [-0.25, -0.2) is 0 Å². The molecule has 0 unspecified atom stereocenters. The fourth-order valence-corrected chi connectivity index (χ4v) is 1.59. The van der Waals surface area contributed by atoms with Crippen molar-refractivity contribution < 1.29 is 22.7 Å². The minimum atomic E-state index is -4.33. The highest BCUT2D eigenvalue weighted by molar-refractivity contribution is 9.10. The van der Waals surface area contributed by atoms with E-state index in [9.17, 15) is 18.0 Å². The number of hydrogen-bond acceptors (Lipinski definition) is 3. The summed E-state index contributed by atoms with van der Waals surface area (Å²) in [6.45, 7) is -1.64. The summed E-state index contributed by atoms with van der Waals surface area (Å²) >= 11 is 3.26. The zero-order valence-corrected chi connectivity index (χ0v) is 10.8. The summed E-state index contributed by atoms with van der Waals surface area (Å²) < 4.78 is 41.0. The Hall–Kier alpha value is -1.08. The maximum atomic E-state index is 11.8. The molecule has 0 radical (unpaired) electrons. The van der Waals surface area contributed by atoms with Gasteiger partial charge < -0.3 is 4.74 Å². The van der Waals surface area contributed by atoms with Crippen molar-refractivity contribution in [2.45, 2.75) is 12.8 Å². The summed E-state index contributed by atoms with van der Waals surface area (Å²) in [6, 6.07) is 7.10. The van der Waals surface area contributed by atoms with Crippen LogP contribution in [0.25, 0.3) is 0 Å². The molecule has 1 N–H and O–H groups in total. The van der Waals surface area contributed by atoms with Gasteiger partial charge in [-0.2, -0.15) is 13.2 Å². The predicted molar refractivity (Wildman–Crippen MR) is 62.9 cm³/mol. The molecule has 0 saturated heterocycles. The topological polar surface area (TPSA) is 38.3 Å². The van der Waals surface area contributed by atoms with Gasteiger partial charge in [0.25, 0.3) is 0 Å². The molecule has 0 fully saturated rings. The Kier molecular flexibility index (Phi) is 5.61. The zero-order valence-electron chi connectivity index (χ0n) is 9.26. The number of hydrogen-bond donors (Lipinski definition) is 1. The van der Waals surface area contributed by atoms with Crippen molar-refractivity contribution in [1.29, 1.82) is 0 Å². The molecule has 1 aromatic rings. The molecular formula is C11H11BrF3NO2. The first-order chi connectivity index (χ1) is 8.37. The average molecular weight is 326 g/mol. The molecule has 7 heteroatoms. The third-order valence-corrected chi connectivity index (χ3v) is 2.38. The SMILES string of the molecule is O=C(CNCC(F)(F)F)OCc1cccc(Br)c1. The Balaban J connectivity index is 2.25. The van der Waals surface area contributed by atoms with E-state index < -0.39 is 25.2 Å². The van der Waals surface area contributed by atoms with Crippen LogP contribution >= 0.6 is 15.9 Å². The normalized spacial score (nSPS) is 11.3. The molecule has 0 aliphatic heterocycles. The number of carbonyl (C=O) groups excluding carboxylic acids is 1. The molecule has 0 bridgehead atoms. The second-order valence-corrected chi connectivity index (χ2v) is 4.43. The van der Waals surface area contributed by atoms with Gasteiger partial charge in [-0.1, -0.05) is 28.1 Å². The first-order valence-corrected chi connectivity index (χ1v) is 5.83. The van der Waals surface area contributed by atoms with E-state index in [2.05, 4.69) is 15.9 Å². The van der Waals surface area contributed by atoms with Gasteiger partial charge in [0.2, 0.25) is 0 Å². The summed E-state index contributed by atoms with van der Waals surface area (Å²) in [4.78, 5) is 11.1. The fraction of sp³-hybridized carbons (Fsp3) is 0.364. The average Bonchev–Trinajstić information content (AvgIpc) is 2.25. The molecule has 0 amide bonds. The van der Waals surface area contributed by atoms with Crippen LogP contribution in [-0.2, 0) is 16.1 Å². The number of nitrogens with one attached hydrogen (secondary N) is 1.